The Morgan fingerprint density at radius 2 is 1.43 bits per heavy atom. The van der Waals surface area contributed by atoms with E-state index in [1.165, 1.54) is 32.7 Å². The molecule has 5 rings (SSSR count). The lowest BCUT2D eigenvalue weighted by Crippen LogP contribution is -1.80. The monoisotopic (exact) mass is 266 g/mol. The van der Waals surface area contributed by atoms with E-state index in [0.29, 0.717) is 5.56 Å². The van der Waals surface area contributed by atoms with Crippen molar-refractivity contribution in [3.8, 4) is 6.07 Å². The molecule has 0 amide bonds. The molecule has 2 aromatic heterocycles. The third kappa shape index (κ3) is 1.17. The average molecular weight is 266 g/mol. The maximum atomic E-state index is 9.15. The second-order valence-corrected chi connectivity index (χ2v) is 5.40. The minimum atomic E-state index is 0.709. The first kappa shape index (κ1) is 10.7. The Morgan fingerprint density at radius 3 is 2.29 bits per heavy atom. The molecule has 0 aliphatic carbocycles. The molecule has 0 radical (unpaired) electrons. The van der Waals surface area contributed by atoms with Crippen LogP contribution in [0.15, 0.2) is 60.7 Å². The van der Waals surface area contributed by atoms with Crippen LogP contribution in [0.1, 0.15) is 5.56 Å². The quantitative estimate of drug-likeness (QED) is 0.399. The summed E-state index contributed by atoms with van der Waals surface area (Å²) in [6, 6.07) is 23.1. The number of hydrogen-bond donors (Lipinski definition) is 0. The molecule has 0 unspecified atom stereocenters. The molecule has 0 N–H and O–H groups in total. The molecule has 96 valence electrons. The minimum absolute atomic E-state index is 0.709. The van der Waals surface area contributed by atoms with Crippen molar-refractivity contribution in [2.45, 2.75) is 0 Å². The number of hydrogen-bond acceptors (Lipinski definition) is 1. The average Bonchev–Trinajstić information content (AvgIpc) is 3.06. The fourth-order valence-electron chi connectivity index (χ4n) is 3.50. The Balaban J connectivity index is 2.21. The van der Waals surface area contributed by atoms with Gasteiger partial charge in [-0.1, -0.05) is 36.4 Å². The van der Waals surface area contributed by atoms with E-state index < -0.39 is 0 Å². The summed E-state index contributed by atoms with van der Waals surface area (Å²) in [5.74, 6) is 0. The molecule has 0 aliphatic rings. The van der Waals surface area contributed by atoms with Crippen molar-refractivity contribution < 1.29 is 0 Å². The molecule has 0 bridgehead atoms. The highest BCUT2D eigenvalue weighted by Gasteiger charge is 2.16. The Morgan fingerprint density at radius 1 is 0.714 bits per heavy atom. The van der Waals surface area contributed by atoms with Gasteiger partial charge in [0.15, 0.2) is 0 Å². The number of rotatable bonds is 0. The zero-order valence-electron chi connectivity index (χ0n) is 11.2. The number of nitriles is 1. The summed E-state index contributed by atoms with van der Waals surface area (Å²) < 4.78 is 2.32. The Labute approximate surface area is 120 Å². The molecule has 0 saturated heterocycles. The number of nitrogens with zero attached hydrogens (tertiary/aromatic N) is 2. The van der Waals surface area contributed by atoms with Crippen molar-refractivity contribution >= 4 is 38.1 Å². The van der Waals surface area contributed by atoms with Gasteiger partial charge < -0.3 is 4.40 Å². The van der Waals surface area contributed by atoms with Crippen LogP contribution in [0.5, 0.6) is 0 Å². The van der Waals surface area contributed by atoms with Crippen LogP contribution in [0.25, 0.3) is 38.1 Å². The highest BCUT2D eigenvalue weighted by Crippen LogP contribution is 2.38. The molecule has 0 fully saturated rings. The van der Waals surface area contributed by atoms with Crippen molar-refractivity contribution in [1.29, 1.82) is 5.26 Å². The molecule has 2 heteroatoms. The minimum Gasteiger partial charge on any atom is -0.308 e. The van der Waals surface area contributed by atoms with Crippen LogP contribution in [0.2, 0.25) is 0 Å². The van der Waals surface area contributed by atoms with Crippen molar-refractivity contribution in [2.75, 3.05) is 0 Å². The second kappa shape index (κ2) is 3.53. The molecular formula is C19H10N2. The van der Waals surface area contributed by atoms with Crippen LogP contribution >= 0.6 is 0 Å². The van der Waals surface area contributed by atoms with Crippen LogP contribution < -0.4 is 0 Å². The van der Waals surface area contributed by atoms with E-state index in [-0.39, 0.29) is 0 Å². The van der Waals surface area contributed by atoms with Gasteiger partial charge >= 0.3 is 0 Å². The van der Waals surface area contributed by atoms with Crippen molar-refractivity contribution in [2.24, 2.45) is 0 Å². The van der Waals surface area contributed by atoms with Gasteiger partial charge in [-0.15, -0.1) is 0 Å². The summed E-state index contributed by atoms with van der Waals surface area (Å²) in [6.45, 7) is 0. The number of para-hydroxylation sites is 2. The molecule has 2 nitrogen and oxygen atoms in total. The summed E-state index contributed by atoms with van der Waals surface area (Å²) in [4.78, 5) is 0. The number of aromatic nitrogens is 1. The van der Waals surface area contributed by atoms with E-state index >= 15 is 0 Å². The predicted octanol–water partition coefficient (Wildman–Crippen LogP) is 4.71. The first-order valence-electron chi connectivity index (χ1n) is 6.95. The Hall–Kier alpha value is -3.05. The molecule has 0 spiro atoms. The lowest BCUT2D eigenvalue weighted by Gasteiger charge is -1.97. The van der Waals surface area contributed by atoms with Crippen molar-refractivity contribution in [1.82, 2.24) is 4.40 Å². The molecule has 5 aromatic rings. The van der Waals surface area contributed by atoms with Crippen molar-refractivity contribution in [3.05, 3.63) is 66.2 Å². The van der Waals surface area contributed by atoms with Crippen LogP contribution in [0.3, 0.4) is 0 Å². The molecule has 21 heavy (non-hydrogen) atoms. The summed E-state index contributed by atoms with van der Waals surface area (Å²) in [6.07, 6.45) is 0. The molecule has 2 heterocycles. The van der Waals surface area contributed by atoms with Crippen LogP contribution in [-0.4, -0.2) is 4.40 Å². The summed E-state index contributed by atoms with van der Waals surface area (Å²) >= 11 is 0. The van der Waals surface area contributed by atoms with Gasteiger partial charge in [0.25, 0.3) is 0 Å². The van der Waals surface area contributed by atoms with E-state index in [1.807, 2.05) is 12.1 Å². The molecule has 0 aliphatic heterocycles. The van der Waals surface area contributed by atoms with E-state index in [4.69, 9.17) is 5.26 Å². The third-order valence-electron chi connectivity index (χ3n) is 4.35. The first-order chi connectivity index (χ1) is 10.4. The van der Waals surface area contributed by atoms with E-state index in [9.17, 15) is 0 Å². The first-order valence-corrected chi connectivity index (χ1v) is 6.95. The van der Waals surface area contributed by atoms with Gasteiger partial charge in [0.05, 0.1) is 28.2 Å². The maximum absolute atomic E-state index is 9.15. The fraction of sp³-hybridized carbons (Fsp3) is 0. The topological polar surface area (TPSA) is 28.2 Å². The van der Waals surface area contributed by atoms with Gasteiger partial charge in [-0.3, -0.25) is 0 Å². The largest absolute Gasteiger partial charge is 0.308 e. The zero-order valence-corrected chi connectivity index (χ0v) is 11.2. The standard InChI is InChI=1S/C19H10N2/c20-11-12-8-9-18-16(10-12)15-6-3-5-14-13-4-1-2-7-17(13)21(18)19(14)15/h1-10H. The van der Waals surface area contributed by atoms with Crippen LogP contribution in [0, 0.1) is 11.3 Å². The Kier molecular flexibility index (Phi) is 1.80. The highest BCUT2D eigenvalue weighted by molar-refractivity contribution is 6.23. The van der Waals surface area contributed by atoms with Crippen molar-refractivity contribution in [3.63, 3.8) is 0 Å². The van der Waals surface area contributed by atoms with Gasteiger partial charge in [-0.2, -0.15) is 5.26 Å². The normalized spacial score (nSPS) is 11.8. The summed E-state index contributed by atoms with van der Waals surface area (Å²) in [7, 11) is 0. The molecule has 3 aromatic carbocycles. The van der Waals surface area contributed by atoms with Gasteiger partial charge in [0.1, 0.15) is 0 Å². The summed E-state index contributed by atoms with van der Waals surface area (Å²) in [5, 5.41) is 14.1. The molecular weight excluding hydrogens is 256 g/mol. The van der Waals surface area contributed by atoms with Gasteiger partial charge in [-0.05, 0) is 24.3 Å². The number of fused-ring (bicyclic) bond motifs is 6. The highest BCUT2D eigenvalue weighted by atomic mass is 14.9. The lowest BCUT2D eigenvalue weighted by molar-refractivity contribution is 1.37. The maximum Gasteiger partial charge on any atom is 0.0991 e. The predicted molar refractivity (Wildman–Crippen MR) is 85.8 cm³/mol. The van der Waals surface area contributed by atoms with E-state index in [2.05, 4.69) is 59.0 Å². The molecule has 0 saturated carbocycles. The molecule has 0 atom stereocenters. The fourth-order valence-corrected chi connectivity index (χ4v) is 3.50. The SMILES string of the molecule is N#Cc1ccc2c(c1)c1cccc3c4ccccc4n2c31. The smallest absolute Gasteiger partial charge is 0.0991 e. The lowest BCUT2D eigenvalue weighted by atomic mass is 10.1. The van der Waals surface area contributed by atoms with Gasteiger partial charge in [0.2, 0.25) is 0 Å². The Bertz CT molecular complexity index is 1190. The van der Waals surface area contributed by atoms with Gasteiger partial charge in [-0.25, -0.2) is 0 Å². The van der Waals surface area contributed by atoms with Gasteiger partial charge in [0, 0.05) is 21.5 Å². The van der Waals surface area contributed by atoms with E-state index in [0.717, 1.165) is 5.39 Å². The zero-order chi connectivity index (χ0) is 14.0. The number of benzene rings is 3. The third-order valence-corrected chi connectivity index (χ3v) is 4.35. The van der Waals surface area contributed by atoms with Crippen LogP contribution in [0.4, 0.5) is 0 Å². The second-order valence-electron chi connectivity index (χ2n) is 5.40. The van der Waals surface area contributed by atoms with Crippen LogP contribution in [-0.2, 0) is 0 Å². The summed E-state index contributed by atoms with van der Waals surface area (Å²) in [5.41, 5.74) is 4.36. The van der Waals surface area contributed by atoms with E-state index in [1.54, 1.807) is 0 Å².